The Kier molecular flexibility index (Phi) is 6.00. The van der Waals surface area contributed by atoms with Crippen molar-refractivity contribution in [2.45, 2.75) is 104 Å². The molecule has 8 atom stereocenters. The molecule has 33 heavy (non-hydrogen) atoms. The van der Waals surface area contributed by atoms with Crippen molar-refractivity contribution in [2.75, 3.05) is 6.61 Å². The summed E-state index contributed by atoms with van der Waals surface area (Å²) in [5.74, 6) is 3.00. The van der Waals surface area contributed by atoms with Crippen LogP contribution in [0, 0.1) is 40.4 Å². The molecule has 0 amide bonds. The first-order valence-electron chi connectivity index (χ1n) is 13.4. The van der Waals surface area contributed by atoms with Gasteiger partial charge in [0.2, 0.25) is 0 Å². The van der Waals surface area contributed by atoms with E-state index in [0.717, 1.165) is 38.7 Å². The van der Waals surface area contributed by atoms with Gasteiger partial charge in [0.15, 0.2) is 5.78 Å². The Morgan fingerprint density at radius 1 is 1.12 bits per heavy atom. The molecule has 0 saturated heterocycles. The van der Waals surface area contributed by atoms with Crippen LogP contribution in [0.1, 0.15) is 85.5 Å². The van der Waals surface area contributed by atoms with Crippen molar-refractivity contribution in [3.63, 3.8) is 0 Å². The summed E-state index contributed by atoms with van der Waals surface area (Å²) >= 11 is 0. The van der Waals surface area contributed by atoms with Crippen molar-refractivity contribution < 1.29 is 14.6 Å². The van der Waals surface area contributed by atoms with Crippen molar-refractivity contribution >= 4 is 5.78 Å². The molecule has 6 heteroatoms. The van der Waals surface area contributed by atoms with Gasteiger partial charge in [0.25, 0.3) is 0 Å². The molecule has 6 nitrogen and oxygen atoms in total. The second kappa shape index (κ2) is 8.44. The monoisotopic (exact) mass is 457 g/mol. The van der Waals surface area contributed by atoms with Gasteiger partial charge in [-0.2, -0.15) is 0 Å². The van der Waals surface area contributed by atoms with Crippen LogP contribution in [0.4, 0.5) is 0 Å². The Balaban J connectivity index is 1.39. The number of hydrogen-bond donors (Lipinski definition) is 1. The number of nitrogens with zero attached hydrogens (tertiary/aromatic N) is 3. The van der Waals surface area contributed by atoms with E-state index in [4.69, 9.17) is 4.74 Å². The van der Waals surface area contributed by atoms with Gasteiger partial charge in [-0.3, -0.25) is 4.79 Å². The predicted molar refractivity (Wildman–Crippen MR) is 126 cm³/mol. The minimum absolute atomic E-state index is 0.103. The van der Waals surface area contributed by atoms with Crippen molar-refractivity contribution in [3.8, 4) is 0 Å². The standard InChI is InChI=1S/C27H43N3O3/c1-18(2)33-17-27-12-11-25(3,32)15-19(27)5-6-20-21-7-8-23(26(21,4)10-9-22(20)27)24(31)16-30-14-13-28-29-30/h13-14,18-23,32H,5-12,15-17H2,1-4H3/t19-,20+,21+,22+,23-,25-,26+,27-/m1/s1. The second-order valence-electron chi connectivity index (χ2n) is 12.7. The highest BCUT2D eigenvalue weighted by Gasteiger charge is 2.63. The summed E-state index contributed by atoms with van der Waals surface area (Å²) in [5.41, 5.74) is -0.236. The SMILES string of the molecule is CC(C)OC[C@]12CC[C@@](C)(O)C[C@H]1CC[C@H]1[C@@H]3CC[C@H](C(=O)Cn4ccnn4)[C@@]3(C)CC[C@@H]12. The first kappa shape index (κ1) is 23.5. The predicted octanol–water partition coefficient (Wildman–Crippen LogP) is 4.66. The van der Waals surface area contributed by atoms with E-state index in [-0.39, 0.29) is 22.9 Å². The van der Waals surface area contributed by atoms with Crippen LogP contribution in [0.15, 0.2) is 12.4 Å². The van der Waals surface area contributed by atoms with Gasteiger partial charge in [0.1, 0.15) is 6.54 Å². The number of aromatic nitrogens is 3. The van der Waals surface area contributed by atoms with Crippen molar-refractivity contribution in [1.29, 1.82) is 0 Å². The van der Waals surface area contributed by atoms with Crippen LogP contribution in [0.25, 0.3) is 0 Å². The van der Waals surface area contributed by atoms with Crippen molar-refractivity contribution in [2.24, 2.45) is 40.4 Å². The maximum atomic E-state index is 13.3. The molecule has 0 aliphatic heterocycles. The van der Waals surface area contributed by atoms with E-state index < -0.39 is 5.60 Å². The molecule has 0 spiro atoms. The van der Waals surface area contributed by atoms with E-state index >= 15 is 0 Å². The minimum Gasteiger partial charge on any atom is -0.390 e. The van der Waals surface area contributed by atoms with Gasteiger partial charge in [0, 0.05) is 12.1 Å². The summed E-state index contributed by atoms with van der Waals surface area (Å²) in [7, 11) is 0. The molecule has 1 aromatic heterocycles. The molecule has 1 aromatic rings. The quantitative estimate of drug-likeness (QED) is 0.672. The average molecular weight is 458 g/mol. The number of carbonyl (C=O) groups excluding carboxylic acids is 1. The van der Waals surface area contributed by atoms with E-state index in [2.05, 4.69) is 31.1 Å². The van der Waals surface area contributed by atoms with Gasteiger partial charge in [-0.15, -0.1) is 5.10 Å². The van der Waals surface area contributed by atoms with E-state index in [1.54, 1.807) is 17.1 Å². The number of ketones is 1. The van der Waals surface area contributed by atoms with Crippen LogP contribution in [-0.4, -0.2) is 44.2 Å². The fourth-order valence-corrected chi connectivity index (χ4v) is 8.95. The topological polar surface area (TPSA) is 77.2 Å². The number of carbonyl (C=O) groups is 1. The molecule has 184 valence electrons. The van der Waals surface area contributed by atoms with E-state index in [0.29, 0.717) is 36.0 Å². The molecule has 0 unspecified atom stereocenters. The van der Waals surface area contributed by atoms with Crippen molar-refractivity contribution in [3.05, 3.63) is 12.4 Å². The fraction of sp³-hybridized carbons (Fsp3) is 0.889. The highest BCUT2D eigenvalue weighted by molar-refractivity contribution is 5.82. The number of hydrogen-bond acceptors (Lipinski definition) is 5. The van der Waals surface area contributed by atoms with Crippen LogP contribution < -0.4 is 0 Å². The Labute approximate surface area is 198 Å². The van der Waals surface area contributed by atoms with Gasteiger partial charge in [0.05, 0.1) is 24.5 Å². The molecule has 0 bridgehead atoms. The third-order valence-electron chi connectivity index (χ3n) is 10.5. The smallest absolute Gasteiger partial charge is 0.157 e. The second-order valence-corrected chi connectivity index (χ2v) is 12.7. The lowest BCUT2D eigenvalue weighted by atomic mass is 9.43. The maximum Gasteiger partial charge on any atom is 0.157 e. The highest BCUT2D eigenvalue weighted by atomic mass is 16.5. The number of Topliss-reactive ketones (excluding diaryl/α,β-unsaturated/α-hetero) is 1. The molecule has 4 aliphatic rings. The normalized spacial score (nSPS) is 44.8. The Hall–Kier alpha value is -1.27. The highest BCUT2D eigenvalue weighted by Crippen LogP contribution is 2.68. The lowest BCUT2D eigenvalue weighted by Gasteiger charge is -2.62. The molecular formula is C27H43N3O3. The van der Waals surface area contributed by atoms with Gasteiger partial charge >= 0.3 is 0 Å². The largest absolute Gasteiger partial charge is 0.390 e. The summed E-state index contributed by atoms with van der Waals surface area (Å²) in [6, 6.07) is 0. The van der Waals surface area contributed by atoms with E-state index in [1.165, 1.54) is 25.7 Å². The van der Waals surface area contributed by atoms with Crippen LogP contribution in [0.3, 0.4) is 0 Å². The average Bonchev–Trinajstić information content (AvgIpc) is 3.38. The van der Waals surface area contributed by atoms with Crippen LogP contribution in [0.5, 0.6) is 0 Å². The third kappa shape index (κ3) is 3.99. The third-order valence-corrected chi connectivity index (χ3v) is 10.5. The summed E-state index contributed by atoms with van der Waals surface area (Å²) in [4.78, 5) is 13.3. The zero-order chi connectivity index (χ0) is 23.4. The van der Waals surface area contributed by atoms with E-state index in [9.17, 15) is 9.90 Å². The van der Waals surface area contributed by atoms with Crippen LogP contribution in [-0.2, 0) is 16.1 Å². The first-order chi connectivity index (χ1) is 15.6. The Bertz CT molecular complexity index is 849. The van der Waals surface area contributed by atoms with Crippen LogP contribution in [0.2, 0.25) is 0 Å². The molecule has 5 rings (SSSR count). The summed E-state index contributed by atoms with van der Waals surface area (Å²) < 4.78 is 8.04. The molecular weight excluding hydrogens is 414 g/mol. The summed E-state index contributed by atoms with van der Waals surface area (Å²) in [6.45, 7) is 9.93. The van der Waals surface area contributed by atoms with Gasteiger partial charge in [-0.25, -0.2) is 4.68 Å². The van der Waals surface area contributed by atoms with Crippen molar-refractivity contribution in [1.82, 2.24) is 15.0 Å². The van der Waals surface area contributed by atoms with Gasteiger partial charge in [-0.1, -0.05) is 12.1 Å². The Morgan fingerprint density at radius 2 is 1.94 bits per heavy atom. The molecule has 0 radical (unpaired) electrons. The number of ether oxygens (including phenoxy) is 1. The number of rotatable bonds is 6. The fourth-order valence-electron chi connectivity index (χ4n) is 8.95. The molecule has 4 fully saturated rings. The first-order valence-corrected chi connectivity index (χ1v) is 13.4. The lowest BCUT2D eigenvalue weighted by Crippen LogP contribution is -2.58. The van der Waals surface area contributed by atoms with Gasteiger partial charge < -0.3 is 9.84 Å². The molecule has 1 N–H and O–H groups in total. The van der Waals surface area contributed by atoms with E-state index in [1.807, 2.05) is 6.92 Å². The number of fused-ring (bicyclic) bond motifs is 5. The van der Waals surface area contributed by atoms with Gasteiger partial charge in [-0.05, 0) is 113 Å². The van der Waals surface area contributed by atoms with Crippen LogP contribution >= 0.6 is 0 Å². The maximum absolute atomic E-state index is 13.3. The molecule has 1 heterocycles. The molecule has 4 saturated carbocycles. The molecule has 0 aromatic carbocycles. The summed E-state index contributed by atoms with van der Waals surface area (Å²) in [5, 5.41) is 18.8. The number of aliphatic hydroxyl groups is 1. The minimum atomic E-state index is -0.533. The lowest BCUT2D eigenvalue weighted by molar-refractivity contribution is -0.183. The summed E-state index contributed by atoms with van der Waals surface area (Å²) in [6.07, 6.45) is 13.5. The molecule has 4 aliphatic carbocycles. The Morgan fingerprint density at radius 3 is 2.67 bits per heavy atom. The zero-order valence-electron chi connectivity index (χ0n) is 21.0. The zero-order valence-corrected chi connectivity index (χ0v) is 21.0.